The molecule has 3 rings (SSSR count). The number of nitrogens with two attached hydrogens (primary N) is 1. The Morgan fingerprint density at radius 2 is 1.74 bits per heavy atom. The molecule has 0 saturated heterocycles. The van der Waals surface area contributed by atoms with Crippen molar-refractivity contribution >= 4 is 28.5 Å². The van der Waals surface area contributed by atoms with Crippen LogP contribution in [0.2, 0.25) is 5.02 Å². The lowest BCUT2D eigenvalue weighted by Crippen LogP contribution is -2.11. The Labute approximate surface area is 115 Å². The standard InChI is InChI=1S/C14H11ClN4/c15-11-8-4-7-10-12(9-5-2-1-3-6-9)17-14(19-16)18-13(10)11/h1-8H,16H2,(H,17,18,19). The second-order valence-corrected chi connectivity index (χ2v) is 4.45. The molecule has 0 aliphatic rings. The summed E-state index contributed by atoms with van der Waals surface area (Å²) >= 11 is 6.19. The molecule has 0 aliphatic carbocycles. The number of hydrazine groups is 1. The topological polar surface area (TPSA) is 63.8 Å². The van der Waals surface area contributed by atoms with Gasteiger partial charge in [-0.25, -0.2) is 15.8 Å². The van der Waals surface area contributed by atoms with Gasteiger partial charge in [0.1, 0.15) is 0 Å². The van der Waals surface area contributed by atoms with E-state index in [2.05, 4.69) is 15.4 Å². The van der Waals surface area contributed by atoms with E-state index in [1.807, 2.05) is 42.5 Å². The minimum absolute atomic E-state index is 0.347. The maximum Gasteiger partial charge on any atom is 0.238 e. The van der Waals surface area contributed by atoms with Gasteiger partial charge in [-0.05, 0) is 6.07 Å². The summed E-state index contributed by atoms with van der Waals surface area (Å²) < 4.78 is 0. The van der Waals surface area contributed by atoms with Gasteiger partial charge in [0.2, 0.25) is 5.95 Å². The van der Waals surface area contributed by atoms with Crippen LogP contribution in [-0.4, -0.2) is 9.97 Å². The zero-order chi connectivity index (χ0) is 13.2. The summed E-state index contributed by atoms with van der Waals surface area (Å²) in [6.07, 6.45) is 0. The average molecular weight is 271 g/mol. The highest BCUT2D eigenvalue weighted by molar-refractivity contribution is 6.35. The second-order valence-electron chi connectivity index (χ2n) is 4.04. The number of hydrogen-bond donors (Lipinski definition) is 2. The van der Waals surface area contributed by atoms with Gasteiger partial charge in [-0.2, -0.15) is 0 Å². The predicted molar refractivity (Wildman–Crippen MR) is 77.8 cm³/mol. The molecule has 4 nitrogen and oxygen atoms in total. The van der Waals surface area contributed by atoms with Crippen LogP contribution >= 0.6 is 11.6 Å². The van der Waals surface area contributed by atoms with E-state index in [-0.39, 0.29) is 0 Å². The van der Waals surface area contributed by atoms with E-state index in [9.17, 15) is 0 Å². The van der Waals surface area contributed by atoms with Crippen LogP contribution in [-0.2, 0) is 0 Å². The van der Waals surface area contributed by atoms with E-state index in [4.69, 9.17) is 17.4 Å². The van der Waals surface area contributed by atoms with E-state index in [0.717, 1.165) is 16.6 Å². The molecule has 0 radical (unpaired) electrons. The molecule has 0 atom stereocenters. The smallest absolute Gasteiger partial charge is 0.238 e. The van der Waals surface area contributed by atoms with Crippen LogP contribution in [0.3, 0.4) is 0 Å². The van der Waals surface area contributed by atoms with Crippen LogP contribution in [0.15, 0.2) is 48.5 Å². The highest BCUT2D eigenvalue weighted by Crippen LogP contribution is 2.30. The fourth-order valence-corrected chi connectivity index (χ4v) is 2.21. The van der Waals surface area contributed by atoms with Gasteiger partial charge in [-0.15, -0.1) is 0 Å². The van der Waals surface area contributed by atoms with Crippen LogP contribution in [0.1, 0.15) is 0 Å². The molecule has 0 aliphatic heterocycles. The van der Waals surface area contributed by atoms with Gasteiger partial charge in [0.05, 0.1) is 16.2 Å². The Hall–Kier alpha value is -2.17. The molecule has 0 saturated carbocycles. The Kier molecular flexibility index (Phi) is 3.03. The lowest BCUT2D eigenvalue weighted by Gasteiger charge is -2.09. The summed E-state index contributed by atoms with van der Waals surface area (Å²) in [5.41, 5.74) is 4.96. The van der Waals surface area contributed by atoms with Gasteiger partial charge in [-0.3, -0.25) is 5.43 Å². The number of rotatable bonds is 2. The van der Waals surface area contributed by atoms with Crippen molar-refractivity contribution in [2.75, 3.05) is 5.43 Å². The molecule has 5 heteroatoms. The first-order valence-corrected chi connectivity index (χ1v) is 6.15. The first kappa shape index (κ1) is 11.9. The number of nitrogen functional groups attached to an aromatic ring is 1. The van der Waals surface area contributed by atoms with Crippen molar-refractivity contribution in [2.45, 2.75) is 0 Å². The molecule has 19 heavy (non-hydrogen) atoms. The molecule has 1 heterocycles. The van der Waals surface area contributed by atoms with Crippen molar-refractivity contribution in [1.82, 2.24) is 9.97 Å². The normalized spacial score (nSPS) is 10.6. The number of nitrogens with one attached hydrogen (secondary N) is 1. The summed E-state index contributed by atoms with van der Waals surface area (Å²) in [5, 5.41) is 1.48. The monoisotopic (exact) mass is 270 g/mol. The molecule has 0 bridgehead atoms. The van der Waals surface area contributed by atoms with E-state index < -0.39 is 0 Å². The van der Waals surface area contributed by atoms with Gasteiger partial charge in [0.15, 0.2) is 0 Å². The predicted octanol–water partition coefficient (Wildman–Crippen LogP) is 3.24. The zero-order valence-corrected chi connectivity index (χ0v) is 10.7. The molecule has 0 fully saturated rings. The van der Waals surface area contributed by atoms with Crippen molar-refractivity contribution in [3.8, 4) is 11.3 Å². The molecule has 3 N–H and O–H groups in total. The van der Waals surface area contributed by atoms with E-state index in [1.54, 1.807) is 6.07 Å². The van der Waals surface area contributed by atoms with Gasteiger partial charge in [-0.1, -0.05) is 54.1 Å². The minimum atomic E-state index is 0.347. The quantitative estimate of drug-likeness (QED) is 0.554. The minimum Gasteiger partial charge on any atom is -0.292 e. The van der Waals surface area contributed by atoms with Crippen LogP contribution in [0.5, 0.6) is 0 Å². The Bertz CT molecular complexity index is 728. The van der Waals surface area contributed by atoms with Crippen molar-refractivity contribution in [3.63, 3.8) is 0 Å². The third-order valence-electron chi connectivity index (χ3n) is 2.85. The summed E-state index contributed by atoms with van der Waals surface area (Å²) in [6, 6.07) is 15.5. The van der Waals surface area contributed by atoms with Crippen molar-refractivity contribution in [3.05, 3.63) is 53.6 Å². The summed E-state index contributed by atoms with van der Waals surface area (Å²) in [4.78, 5) is 8.73. The Morgan fingerprint density at radius 3 is 2.47 bits per heavy atom. The number of aromatic nitrogens is 2. The number of anilines is 1. The first-order chi connectivity index (χ1) is 9.29. The number of benzene rings is 2. The third kappa shape index (κ3) is 2.12. The van der Waals surface area contributed by atoms with Gasteiger partial charge >= 0.3 is 0 Å². The van der Waals surface area contributed by atoms with Crippen LogP contribution in [0, 0.1) is 0 Å². The number of hydrogen-bond acceptors (Lipinski definition) is 4. The number of nitrogens with zero attached hydrogens (tertiary/aromatic N) is 2. The van der Waals surface area contributed by atoms with Crippen LogP contribution < -0.4 is 11.3 Å². The lowest BCUT2D eigenvalue weighted by atomic mass is 10.1. The molecule has 0 spiro atoms. The van der Waals surface area contributed by atoms with E-state index >= 15 is 0 Å². The molecule has 2 aromatic carbocycles. The maximum absolute atomic E-state index is 6.19. The largest absolute Gasteiger partial charge is 0.292 e. The Balaban J connectivity index is 2.37. The van der Waals surface area contributed by atoms with Crippen molar-refractivity contribution in [1.29, 1.82) is 0 Å². The summed E-state index contributed by atoms with van der Waals surface area (Å²) in [7, 11) is 0. The highest BCUT2D eigenvalue weighted by atomic mass is 35.5. The lowest BCUT2D eigenvalue weighted by molar-refractivity contribution is 1.15. The number of fused-ring (bicyclic) bond motifs is 1. The molecular formula is C14H11ClN4. The molecule has 94 valence electrons. The van der Waals surface area contributed by atoms with Crippen LogP contribution in [0.4, 0.5) is 5.95 Å². The molecule has 1 aromatic heterocycles. The van der Waals surface area contributed by atoms with E-state index in [0.29, 0.717) is 16.5 Å². The fourth-order valence-electron chi connectivity index (χ4n) is 2.00. The zero-order valence-electron chi connectivity index (χ0n) is 9.97. The highest BCUT2D eigenvalue weighted by Gasteiger charge is 2.11. The van der Waals surface area contributed by atoms with Gasteiger partial charge in [0, 0.05) is 10.9 Å². The molecule has 0 unspecified atom stereocenters. The number of halogens is 1. The summed E-state index contributed by atoms with van der Waals surface area (Å²) in [6.45, 7) is 0. The maximum atomic E-state index is 6.19. The fraction of sp³-hybridized carbons (Fsp3) is 0. The first-order valence-electron chi connectivity index (χ1n) is 5.78. The third-order valence-corrected chi connectivity index (χ3v) is 3.16. The van der Waals surface area contributed by atoms with Crippen LogP contribution in [0.25, 0.3) is 22.2 Å². The Morgan fingerprint density at radius 1 is 0.947 bits per heavy atom. The van der Waals surface area contributed by atoms with Gasteiger partial charge < -0.3 is 0 Å². The molecular weight excluding hydrogens is 260 g/mol. The summed E-state index contributed by atoms with van der Waals surface area (Å²) in [5.74, 6) is 5.77. The van der Waals surface area contributed by atoms with Crippen molar-refractivity contribution < 1.29 is 0 Å². The molecule has 0 amide bonds. The van der Waals surface area contributed by atoms with Crippen molar-refractivity contribution in [2.24, 2.45) is 5.84 Å². The number of para-hydroxylation sites is 1. The second kappa shape index (κ2) is 4.84. The van der Waals surface area contributed by atoms with E-state index in [1.165, 1.54) is 0 Å². The molecule has 3 aromatic rings. The van der Waals surface area contributed by atoms with Gasteiger partial charge in [0.25, 0.3) is 0 Å². The SMILES string of the molecule is NNc1nc(-c2ccccc2)c2cccc(Cl)c2n1. The average Bonchev–Trinajstić information content (AvgIpc) is 2.48.